The number of nitrogens with one attached hydrogen (secondary N) is 1. The van der Waals surface area contributed by atoms with Gasteiger partial charge in [-0.25, -0.2) is 9.99 Å². The molecule has 1 heterocycles. The minimum atomic E-state index is -0.304. The average Bonchev–Trinajstić information content (AvgIpc) is 2.57. The SMILES string of the molecule is C[n+]1ccc(C(=O)N/N=C/c2c(O)ccc3ccccc23)cc1.Cl. The zero-order valence-corrected chi connectivity index (χ0v) is 13.8. The molecule has 0 unspecified atom stereocenters. The summed E-state index contributed by atoms with van der Waals surface area (Å²) in [7, 11) is 1.88. The van der Waals surface area contributed by atoms with E-state index in [1.165, 1.54) is 6.21 Å². The lowest BCUT2D eigenvalue weighted by atomic mass is 10.0. The first-order valence-electron chi connectivity index (χ1n) is 7.14. The lowest BCUT2D eigenvalue weighted by Gasteiger charge is -2.04. The lowest BCUT2D eigenvalue weighted by Crippen LogP contribution is -2.27. The van der Waals surface area contributed by atoms with Gasteiger partial charge in [0, 0.05) is 17.7 Å². The lowest BCUT2D eigenvalue weighted by molar-refractivity contribution is -0.671. The van der Waals surface area contributed by atoms with Crippen molar-refractivity contribution in [3.8, 4) is 5.75 Å². The van der Waals surface area contributed by atoms with Crippen LogP contribution >= 0.6 is 12.4 Å². The number of carbonyl (C=O) groups excluding carboxylic acids is 1. The van der Waals surface area contributed by atoms with Crippen molar-refractivity contribution in [2.24, 2.45) is 12.1 Å². The van der Waals surface area contributed by atoms with Crippen molar-refractivity contribution in [3.05, 3.63) is 72.1 Å². The minimum Gasteiger partial charge on any atom is -0.507 e. The summed E-state index contributed by atoms with van der Waals surface area (Å²) in [5, 5.41) is 15.8. The molecule has 0 saturated carbocycles. The molecule has 0 atom stereocenters. The molecule has 0 bridgehead atoms. The molecular formula is C18H17ClN3O2+. The van der Waals surface area contributed by atoms with Crippen LogP contribution in [0, 0.1) is 0 Å². The minimum absolute atomic E-state index is 0. The molecule has 5 nitrogen and oxygen atoms in total. The zero-order valence-electron chi connectivity index (χ0n) is 13.0. The van der Waals surface area contributed by atoms with E-state index in [0.717, 1.165) is 10.8 Å². The largest absolute Gasteiger partial charge is 0.507 e. The van der Waals surface area contributed by atoms with Crippen LogP contribution in [0.4, 0.5) is 0 Å². The molecule has 0 aliphatic heterocycles. The van der Waals surface area contributed by atoms with Crippen LogP contribution in [0.5, 0.6) is 5.75 Å². The van der Waals surface area contributed by atoms with E-state index in [1.807, 2.05) is 41.9 Å². The summed E-state index contributed by atoms with van der Waals surface area (Å²) in [4.78, 5) is 12.0. The molecule has 24 heavy (non-hydrogen) atoms. The van der Waals surface area contributed by atoms with Gasteiger partial charge in [-0.3, -0.25) is 4.79 Å². The van der Waals surface area contributed by atoms with E-state index in [0.29, 0.717) is 11.1 Å². The van der Waals surface area contributed by atoms with Gasteiger partial charge >= 0.3 is 0 Å². The molecule has 0 saturated heterocycles. The third kappa shape index (κ3) is 3.70. The Balaban J connectivity index is 0.00000208. The zero-order chi connectivity index (χ0) is 16.2. The van der Waals surface area contributed by atoms with Crippen LogP contribution in [0.15, 0.2) is 66.0 Å². The van der Waals surface area contributed by atoms with E-state index in [1.54, 1.807) is 30.6 Å². The second kappa shape index (κ2) is 7.57. The number of rotatable bonds is 3. The summed E-state index contributed by atoms with van der Waals surface area (Å²) in [5.41, 5.74) is 3.56. The number of carbonyl (C=O) groups is 1. The quantitative estimate of drug-likeness (QED) is 0.436. The monoisotopic (exact) mass is 342 g/mol. The molecular weight excluding hydrogens is 326 g/mol. The number of halogens is 1. The number of hydrogen-bond acceptors (Lipinski definition) is 3. The van der Waals surface area contributed by atoms with E-state index >= 15 is 0 Å². The Morgan fingerprint density at radius 3 is 2.58 bits per heavy atom. The number of benzene rings is 2. The first-order chi connectivity index (χ1) is 11.1. The van der Waals surface area contributed by atoms with Gasteiger partial charge in [0.1, 0.15) is 12.8 Å². The fraction of sp³-hybridized carbons (Fsp3) is 0.0556. The number of fused-ring (bicyclic) bond motifs is 1. The van der Waals surface area contributed by atoms with Crippen molar-refractivity contribution < 1.29 is 14.5 Å². The molecule has 0 spiro atoms. The third-order valence-corrected chi connectivity index (χ3v) is 3.55. The molecule has 3 rings (SSSR count). The van der Waals surface area contributed by atoms with Crippen LogP contribution in [0.25, 0.3) is 10.8 Å². The number of amides is 1. The Hall–Kier alpha value is -2.92. The van der Waals surface area contributed by atoms with Crippen molar-refractivity contribution in [1.29, 1.82) is 0 Å². The average molecular weight is 343 g/mol. The number of aromatic hydroxyl groups is 1. The topological polar surface area (TPSA) is 65.6 Å². The Morgan fingerprint density at radius 2 is 1.83 bits per heavy atom. The Labute approximate surface area is 145 Å². The van der Waals surface area contributed by atoms with Gasteiger partial charge in [-0.05, 0) is 16.8 Å². The maximum Gasteiger partial charge on any atom is 0.271 e. The highest BCUT2D eigenvalue weighted by Crippen LogP contribution is 2.25. The third-order valence-electron chi connectivity index (χ3n) is 3.55. The summed E-state index contributed by atoms with van der Waals surface area (Å²) in [6.45, 7) is 0. The van der Waals surface area contributed by atoms with Crippen LogP contribution in [-0.4, -0.2) is 17.2 Å². The molecule has 0 aliphatic rings. The Kier molecular flexibility index (Phi) is 5.50. The highest BCUT2D eigenvalue weighted by molar-refractivity contribution is 6.03. The van der Waals surface area contributed by atoms with Crippen molar-refractivity contribution in [3.63, 3.8) is 0 Å². The number of hydrogen-bond donors (Lipinski definition) is 2. The molecule has 0 fully saturated rings. The summed E-state index contributed by atoms with van der Waals surface area (Å²) in [5.74, 6) is -0.185. The van der Waals surface area contributed by atoms with Crippen LogP contribution < -0.4 is 9.99 Å². The first kappa shape index (κ1) is 17.4. The van der Waals surface area contributed by atoms with Crippen LogP contribution in [0.2, 0.25) is 0 Å². The smallest absolute Gasteiger partial charge is 0.271 e. The molecule has 1 aromatic heterocycles. The molecule has 0 radical (unpaired) electrons. The van der Waals surface area contributed by atoms with E-state index < -0.39 is 0 Å². The number of hydrazone groups is 1. The molecule has 6 heteroatoms. The van der Waals surface area contributed by atoms with Crippen LogP contribution in [-0.2, 0) is 7.05 Å². The Morgan fingerprint density at radius 1 is 1.12 bits per heavy atom. The fourth-order valence-electron chi connectivity index (χ4n) is 2.29. The Bertz CT molecular complexity index is 892. The van der Waals surface area contributed by atoms with E-state index in [9.17, 15) is 9.90 Å². The second-order valence-corrected chi connectivity index (χ2v) is 5.17. The van der Waals surface area contributed by atoms with Crippen molar-refractivity contribution in [2.75, 3.05) is 0 Å². The molecule has 2 aromatic carbocycles. The summed E-state index contributed by atoms with van der Waals surface area (Å²) in [6, 6.07) is 14.5. The van der Waals surface area contributed by atoms with Gasteiger partial charge in [0.05, 0.1) is 11.8 Å². The van der Waals surface area contributed by atoms with Gasteiger partial charge in [0.15, 0.2) is 12.4 Å². The molecule has 3 aromatic rings. The van der Waals surface area contributed by atoms with Gasteiger partial charge in [-0.2, -0.15) is 5.10 Å². The highest BCUT2D eigenvalue weighted by Gasteiger charge is 2.07. The van der Waals surface area contributed by atoms with Gasteiger partial charge in [0.2, 0.25) is 0 Å². The van der Waals surface area contributed by atoms with E-state index in [-0.39, 0.29) is 24.1 Å². The van der Waals surface area contributed by atoms with Gasteiger partial charge in [0.25, 0.3) is 5.91 Å². The number of aryl methyl sites for hydroxylation is 1. The van der Waals surface area contributed by atoms with Crippen molar-refractivity contribution >= 4 is 35.3 Å². The van der Waals surface area contributed by atoms with E-state index in [4.69, 9.17) is 0 Å². The second-order valence-electron chi connectivity index (χ2n) is 5.17. The molecule has 1 amide bonds. The predicted molar refractivity (Wildman–Crippen MR) is 95.5 cm³/mol. The van der Waals surface area contributed by atoms with Crippen molar-refractivity contribution in [1.82, 2.24) is 5.43 Å². The number of aromatic nitrogens is 1. The van der Waals surface area contributed by atoms with Crippen molar-refractivity contribution in [2.45, 2.75) is 0 Å². The first-order valence-corrected chi connectivity index (χ1v) is 7.14. The van der Waals surface area contributed by atoms with Gasteiger partial charge in [-0.1, -0.05) is 30.3 Å². The maximum absolute atomic E-state index is 12.0. The normalized spacial score (nSPS) is 10.5. The fourth-order valence-corrected chi connectivity index (χ4v) is 2.29. The van der Waals surface area contributed by atoms with Crippen LogP contribution in [0.1, 0.15) is 15.9 Å². The summed E-state index contributed by atoms with van der Waals surface area (Å²) < 4.78 is 1.84. The summed E-state index contributed by atoms with van der Waals surface area (Å²) >= 11 is 0. The standard InChI is InChI=1S/C18H15N3O2.ClH/c1-21-10-8-14(9-11-21)18(23)20-19-12-16-15-5-3-2-4-13(15)6-7-17(16)22;/h2-12,23H,1H3;1H/p+1. The summed E-state index contributed by atoms with van der Waals surface area (Å²) in [6.07, 6.45) is 5.03. The van der Waals surface area contributed by atoms with E-state index in [2.05, 4.69) is 10.5 Å². The molecule has 122 valence electrons. The van der Waals surface area contributed by atoms with Gasteiger partial charge in [-0.15, -0.1) is 12.4 Å². The number of nitrogens with zero attached hydrogens (tertiary/aromatic N) is 2. The number of phenolic OH excluding ortho intramolecular Hbond substituents is 1. The predicted octanol–water partition coefficient (Wildman–Crippen LogP) is 2.56. The maximum atomic E-state index is 12.0. The number of pyridine rings is 1. The molecule has 2 N–H and O–H groups in total. The highest BCUT2D eigenvalue weighted by atomic mass is 35.5. The number of phenols is 1. The van der Waals surface area contributed by atoms with Gasteiger partial charge < -0.3 is 5.11 Å². The van der Waals surface area contributed by atoms with Crippen LogP contribution in [0.3, 0.4) is 0 Å². The molecule has 0 aliphatic carbocycles.